The molecule has 43 heavy (non-hydrogen) atoms. The molecule has 2 aliphatic heterocycles. The Hall–Kier alpha value is -3.54. The Morgan fingerprint density at radius 1 is 0.791 bits per heavy atom. The number of methoxy groups -OCH3 is 1. The number of benzene rings is 3. The van der Waals surface area contributed by atoms with Gasteiger partial charge in [-0.15, -0.1) is 0 Å². The molecular formula is C33H38O9Si. The summed E-state index contributed by atoms with van der Waals surface area (Å²) in [4.78, 5) is 26.8. The Balaban J connectivity index is 1.46. The average molecular weight is 607 g/mol. The minimum atomic E-state index is -1.46. The summed E-state index contributed by atoms with van der Waals surface area (Å²) in [5.74, 6) is -0.478. The molecule has 9 nitrogen and oxygen atoms in total. The van der Waals surface area contributed by atoms with Crippen molar-refractivity contribution in [2.75, 3.05) is 20.3 Å². The van der Waals surface area contributed by atoms with Crippen LogP contribution in [0, 0.1) is 0 Å². The number of rotatable bonds is 10. The molecule has 0 spiro atoms. The molecule has 0 radical (unpaired) electrons. The van der Waals surface area contributed by atoms with Crippen LogP contribution in [0.3, 0.4) is 0 Å². The molecule has 10 heteroatoms. The van der Waals surface area contributed by atoms with Crippen molar-refractivity contribution in [1.82, 2.24) is 0 Å². The van der Waals surface area contributed by atoms with Gasteiger partial charge in [-0.3, -0.25) is 0 Å². The number of carbonyl (C=O) groups excluding carboxylic acids is 2. The molecule has 3 aromatic rings. The van der Waals surface area contributed by atoms with E-state index >= 15 is 0 Å². The Bertz CT molecular complexity index is 1340. The molecule has 2 heterocycles. The van der Waals surface area contributed by atoms with Crippen molar-refractivity contribution in [3.63, 3.8) is 0 Å². The lowest BCUT2D eigenvalue weighted by molar-refractivity contribution is -0.359. The SMILES string of the molecule is COc1ccc([C@@H]2OC[C@H]3O[C@@H](OCC[Si](C)(C)C)[C@H](OC(=O)c4ccccc4)[C@@H](OC(=O)c4ccccc4)[C@@H]3O2)cc1. The maximum Gasteiger partial charge on any atom is 0.338 e. The fourth-order valence-corrected chi connectivity index (χ4v) is 5.61. The molecule has 0 unspecified atom stereocenters. The van der Waals surface area contributed by atoms with Crippen LogP contribution in [0.4, 0.5) is 0 Å². The van der Waals surface area contributed by atoms with Crippen molar-refractivity contribution < 1.29 is 42.7 Å². The van der Waals surface area contributed by atoms with E-state index in [2.05, 4.69) is 19.6 Å². The van der Waals surface area contributed by atoms with Gasteiger partial charge in [-0.25, -0.2) is 9.59 Å². The van der Waals surface area contributed by atoms with Crippen molar-refractivity contribution in [1.29, 1.82) is 0 Å². The van der Waals surface area contributed by atoms with Gasteiger partial charge < -0.3 is 33.2 Å². The molecule has 0 amide bonds. The molecule has 5 rings (SSSR count). The number of fused-ring (bicyclic) bond motifs is 1. The van der Waals surface area contributed by atoms with Gasteiger partial charge in [0.15, 0.2) is 24.8 Å². The Kier molecular flexibility index (Phi) is 9.94. The number of hydrogen-bond donors (Lipinski definition) is 0. The summed E-state index contributed by atoms with van der Waals surface area (Å²) in [6, 6.07) is 25.4. The van der Waals surface area contributed by atoms with Crippen LogP contribution in [0.15, 0.2) is 84.9 Å². The van der Waals surface area contributed by atoms with Gasteiger partial charge in [-0.1, -0.05) is 68.2 Å². The van der Waals surface area contributed by atoms with Crippen molar-refractivity contribution in [3.05, 3.63) is 102 Å². The second kappa shape index (κ2) is 13.8. The van der Waals surface area contributed by atoms with Crippen molar-refractivity contribution >= 4 is 20.0 Å². The zero-order chi connectivity index (χ0) is 30.4. The molecular weight excluding hydrogens is 568 g/mol. The van der Waals surface area contributed by atoms with Gasteiger partial charge in [0.05, 0.1) is 24.8 Å². The van der Waals surface area contributed by atoms with Gasteiger partial charge in [0.1, 0.15) is 18.0 Å². The molecule has 2 fully saturated rings. The number of hydrogen-bond acceptors (Lipinski definition) is 9. The van der Waals surface area contributed by atoms with E-state index in [-0.39, 0.29) is 6.61 Å². The quantitative estimate of drug-likeness (QED) is 0.214. The first kappa shape index (κ1) is 30.9. The molecule has 6 atom stereocenters. The van der Waals surface area contributed by atoms with E-state index in [1.54, 1.807) is 55.6 Å². The van der Waals surface area contributed by atoms with Gasteiger partial charge in [0.2, 0.25) is 0 Å². The summed E-state index contributed by atoms with van der Waals surface area (Å²) >= 11 is 0. The first-order valence-electron chi connectivity index (χ1n) is 14.4. The maximum absolute atomic E-state index is 13.4. The maximum atomic E-state index is 13.4. The van der Waals surface area contributed by atoms with E-state index in [1.165, 1.54) is 0 Å². The van der Waals surface area contributed by atoms with Gasteiger partial charge in [0, 0.05) is 20.2 Å². The van der Waals surface area contributed by atoms with Crippen LogP contribution in [0.25, 0.3) is 0 Å². The minimum Gasteiger partial charge on any atom is -0.497 e. The molecule has 0 bridgehead atoms. The second-order valence-electron chi connectivity index (χ2n) is 11.7. The average Bonchev–Trinajstić information content (AvgIpc) is 3.02. The molecule has 0 N–H and O–H groups in total. The highest BCUT2D eigenvalue weighted by molar-refractivity contribution is 6.76. The largest absolute Gasteiger partial charge is 0.497 e. The van der Waals surface area contributed by atoms with Crippen LogP contribution in [-0.4, -0.2) is 71.0 Å². The second-order valence-corrected chi connectivity index (χ2v) is 17.4. The Morgan fingerprint density at radius 3 is 1.93 bits per heavy atom. The molecule has 0 aliphatic carbocycles. The summed E-state index contributed by atoms with van der Waals surface area (Å²) in [5.41, 5.74) is 1.45. The highest BCUT2D eigenvalue weighted by atomic mass is 28.3. The highest BCUT2D eigenvalue weighted by Gasteiger charge is 2.54. The van der Waals surface area contributed by atoms with Gasteiger partial charge in [-0.05, 0) is 42.4 Å². The van der Waals surface area contributed by atoms with Crippen LogP contribution in [0.2, 0.25) is 25.7 Å². The third kappa shape index (κ3) is 7.90. The fourth-order valence-electron chi connectivity index (χ4n) is 4.88. The third-order valence-electron chi connectivity index (χ3n) is 7.31. The summed E-state index contributed by atoms with van der Waals surface area (Å²) in [7, 11) is 0.139. The van der Waals surface area contributed by atoms with Crippen LogP contribution < -0.4 is 4.74 Å². The summed E-state index contributed by atoms with van der Waals surface area (Å²) in [5, 5.41) is 0. The third-order valence-corrected chi connectivity index (χ3v) is 9.02. The summed E-state index contributed by atoms with van der Waals surface area (Å²) < 4.78 is 42.5. The van der Waals surface area contributed by atoms with Crippen LogP contribution in [0.5, 0.6) is 5.75 Å². The van der Waals surface area contributed by atoms with Gasteiger partial charge in [-0.2, -0.15) is 0 Å². The summed E-state index contributed by atoms with van der Waals surface area (Å²) in [6.45, 7) is 7.27. The minimum absolute atomic E-state index is 0.147. The Labute approximate surface area is 253 Å². The van der Waals surface area contributed by atoms with E-state index in [0.29, 0.717) is 23.5 Å². The zero-order valence-electron chi connectivity index (χ0n) is 24.8. The van der Waals surface area contributed by atoms with Crippen molar-refractivity contribution in [3.8, 4) is 5.75 Å². The predicted octanol–water partition coefficient (Wildman–Crippen LogP) is 5.64. The molecule has 0 aromatic heterocycles. The fraction of sp³-hybridized carbons (Fsp3) is 0.394. The van der Waals surface area contributed by atoms with Gasteiger partial charge in [0.25, 0.3) is 0 Å². The lowest BCUT2D eigenvalue weighted by Crippen LogP contribution is -2.64. The monoisotopic (exact) mass is 606 g/mol. The number of ether oxygens (including phenoxy) is 7. The van der Waals surface area contributed by atoms with Crippen LogP contribution >= 0.6 is 0 Å². The van der Waals surface area contributed by atoms with E-state index in [0.717, 1.165) is 11.6 Å². The van der Waals surface area contributed by atoms with Crippen LogP contribution in [0.1, 0.15) is 32.6 Å². The molecule has 2 saturated heterocycles. The molecule has 0 saturated carbocycles. The van der Waals surface area contributed by atoms with E-state index in [4.69, 9.17) is 33.2 Å². The van der Waals surface area contributed by atoms with Crippen LogP contribution in [-0.2, 0) is 28.4 Å². The van der Waals surface area contributed by atoms with E-state index in [1.807, 2.05) is 36.4 Å². The molecule has 2 aliphatic rings. The van der Waals surface area contributed by atoms with Crippen molar-refractivity contribution in [2.24, 2.45) is 0 Å². The molecule has 3 aromatic carbocycles. The first-order chi connectivity index (χ1) is 20.7. The normalized spacial score (nSPS) is 25.3. The lowest BCUT2D eigenvalue weighted by Gasteiger charge is -2.48. The predicted molar refractivity (Wildman–Crippen MR) is 161 cm³/mol. The smallest absolute Gasteiger partial charge is 0.338 e. The number of carbonyl (C=O) groups is 2. The van der Waals surface area contributed by atoms with E-state index < -0.39 is 57.0 Å². The first-order valence-corrected chi connectivity index (χ1v) is 18.1. The van der Waals surface area contributed by atoms with Gasteiger partial charge >= 0.3 is 11.9 Å². The number of esters is 2. The summed E-state index contributed by atoms with van der Waals surface area (Å²) in [6.07, 6.45) is -5.42. The lowest BCUT2D eigenvalue weighted by atomic mass is 9.97. The Morgan fingerprint density at radius 2 is 1.37 bits per heavy atom. The highest BCUT2D eigenvalue weighted by Crippen LogP contribution is 2.38. The topological polar surface area (TPSA) is 98.8 Å². The van der Waals surface area contributed by atoms with Crippen molar-refractivity contribution in [2.45, 2.75) is 62.7 Å². The zero-order valence-corrected chi connectivity index (χ0v) is 25.8. The standard InChI is InChI=1S/C33H38O9Si/c1-36-25-17-15-24(16-18-25)32-38-21-26-27(42-32)28(40-30(34)22-11-7-5-8-12-22)29(33(39-26)37-19-20-43(2,3)4)41-31(35)23-13-9-6-10-14-23/h5-18,26-29,32-33H,19-21H2,1-4H3/t26-,27-,28+,29-,32-,33-/m1/s1. The molecule has 228 valence electrons. The van der Waals surface area contributed by atoms with E-state index in [9.17, 15) is 9.59 Å².